The van der Waals surface area contributed by atoms with Gasteiger partial charge in [-0.25, -0.2) is 0 Å². The Morgan fingerprint density at radius 3 is 2.56 bits per heavy atom. The lowest BCUT2D eigenvalue weighted by molar-refractivity contribution is 0.0316. The molecule has 1 fully saturated rings. The van der Waals surface area contributed by atoms with E-state index in [4.69, 9.17) is 9.47 Å². The molecule has 2 heterocycles. The fourth-order valence-electron chi connectivity index (χ4n) is 3.50. The molecule has 0 N–H and O–H groups in total. The van der Waals surface area contributed by atoms with Crippen molar-refractivity contribution in [2.75, 3.05) is 46.5 Å². The second kappa shape index (κ2) is 8.33. The molecule has 0 aliphatic carbocycles. The molecule has 1 atom stereocenters. The highest BCUT2D eigenvalue weighted by Gasteiger charge is 2.34. The lowest BCUT2D eigenvalue weighted by atomic mass is 10.1. The molecule has 4 rings (SSSR count). The van der Waals surface area contributed by atoms with Crippen LogP contribution in [0.25, 0.3) is 0 Å². The summed E-state index contributed by atoms with van der Waals surface area (Å²) in [7, 11) is 1.67. The number of hydrogen-bond acceptors (Lipinski definition) is 5. The monoisotopic (exact) mass is 384 g/mol. The van der Waals surface area contributed by atoms with Gasteiger partial charge in [-0.1, -0.05) is 36.0 Å². The standard InChI is InChI=1S/C21H24N2O3S/c1-25-17-8-6-16(7-9-17)21-23(11-10-22-12-14-26-15-13-22)20(24)18-4-2-3-5-19(18)27-21/h2-9,21H,10-15H2,1H3. The number of carbonyl (C=O) groups excluding carboxylic acids is 1. The van der Waals surface area contributed by atoms with Crippen LogP contribution < -0.4 is 4.74 Å². The van der Waals surface area contributed by atoms with E-state index in [1.54, 1.807) is 18.9 Å². The first-order valence-electron chi connectivity index (χ1n) is 9.27. The van der Waals surface area contributed by atoms with E-state index >= 15 is 0 Å². The van der Waals surface area contributed by atoms with Gasteiger partial charge in [0, 0.05) is 31.1 Å². The first kappa shape index (κ1) is 18.3. The summed E-state index contributed by atoms with van der Waals surface area (Å²) in [5.41, 5.74) is 1.92. The van der Waals surface area contributed by atoms with Crippen LogP contribution >= 0.6 is 11.8 Å². The minimum atomic E-state index is -0.0284. The number of fused-ring (bicyclic) bond motifs is 1. The summed E-state index contributed by atoms with van der Waals surface area (Å²) >= 11 is 1.74. The molecule has 6 heteroatoms. The van der Waals surface area contributed by atoms with Crippen LogP contribution in [0.1, 0.15) is 21.3 Å². The molecule has 5 nitrogen and oxygen atoms in total. The highest BCUT2D eigenvalue weighted by molar-refractivity contribution is 7.99. The Labute approximate surface area is 164 Å². The summed E-state index contributed by atoms with van der Waals surface area (Å²) in [5.74, 6) is 0.935. The summed E-state index contributed by atoms with van der Waals surface area (Å²) in [6.45, 7) is 4.97. The summed E-state index contributed by atoms with van der Waals surface area (Å²) in [6, 6.07) is 15.9. The Hall–Kier alpha value is -2.02. The van der Waals surface area contributed by atoms with Crippen molar-refractivity contribution in [2.45, 2.75) is 10.3 Å². The third kappa shape index (κ3) is 3.98. The molecule has 1 amide bonds. The number of methoxy groups -OCH3 is 1. The van der Waals surface area contributed by atoms with Crippen LogP contribution in [0.15, 0.2) is 53.4 Å². The fraction of sp³-hybridized carbons (Fsp3) is 0.381. The largest absolute Gasteiger partial charge is 0.497 e. The van der Waals surface area contributed by atoms with Gasteiger partial charge >= 0.3 is 0 Å². The topological polar surface area (TPSA) is 42.0 Å². The van der Waals surface area contributed by atoms with Crippen molar-refractivity contribution in [1.29, 1.82) is 0 Å². The number of nitrogens with zero attached hydrogens (tertiary/aromatic N) is 2. The molecule has 0 spiro atoms. The molecule has 1 unspecified atom stereocenters. The average molecular weight is 385 g/mol. The molecule has 2 aliphatic heterocycles. The number of benzene rings is 2. The second-order valence-corrected chi connectivity index (χ2v) is 7.81. The highest BCUT2D eigenvalue weighted by atomic mass is 32.2. The molecular weight excluding hydrogens is 360 g/mol. The van der Waals surface area contributed by atoms with E-state index in [2.05, 4.69) is 17.0 Å². The van der Waals surface area contributed by atoms with Crippen molar-refractivity contribution in [1.82, 2.24) is 9.80 Å². The average Bonchev–Trinajstić information content (AvgIpc) is 2.74. The number of amides is 1. The fourth-order valence-corrected chi connectivity index (χ4v) is 4.80. The summed E-state index contributed by atoms with van der Waals surface area (Å²) < 4.78 is 10.7. The van der Waals surface area contributed by atoms with Crippen LogP contribution in [0.3, 0.4) is 0 Å². The zero-order valence-corrected chi connectivity index (χ0v) is 16.3. The van der Waals surface area contributed by atoms with Gasteiger partial charge < -0.3 is 14.4 Å². The van der Waals surface area contributed by atoms with Crippen LogP contribution in [-0.4, -0.2) is 62.2 Å². The van der Waals surface area contributed by atoms with E-state index in [1.165, 1.54) is 0 Å². The number of ether oxygens (including phenoxy) is 2. The molecule has 2 aromatic rings. The second-order valence-electron chi connectivity index (χ2n) is 6.69. The van der Waals surface area contributed by atoms with Crippen LogP contribution in [0, 0.1) is 0 Å². The maximum Gasteiger partial charge on any atom is 0.256 e. The summed E-state index contributed by atoms with van der Waals surface area (Å²) in [5, 5.41) is -0.0284. The number of rotatable bonds is 5. The van der Waals surface area contributed by atoms with E-state index in [-0.39, 0.29) is 11.3 Å². The molecule has 2 aromatic carbocycles. The predicted molar refractivity (Wildman–Crippen MR) is 106 cm³/mol. The van der Waals surface area contributed by atoms with E-state index in [9.17, 15) is 4.79 Å². The van der Waals surface area contributed by atoms with Gasteiger partial charge in [0.05, 0.1) is 25.9 Å². The molecule has 27 heavy (non-hydrogen) atoms. The maximum atomic E-state index is 13.2. The molecule has 0 bridgehead atoms. The molecule has 2 aliphatic rings. The highest BCUT2D eigenvalue weighted by Crippen LogP contribution is 2.44. The third-order valence-corrected chi connectivity index (χ3v) is 6.42. The lowest BCUT2D eigenvalue weighted by Gasteiger charge is -2.38. The quantitative estimate of drug-likeness (QED) is 0.791. The van der Waals surface area contributed by atoms with Crippen molar-refractivity contribution in [3.05, 3.63) is 59.7 Å². The van der Waals surface area contributed by atoms with Crippen LogP contribution in [-0.2, 0) is 4.74 Å². The summed E-state index contributed by atoms with van der Waals surface area (Å²) in [4.78, 5) is 18.7. The van der Waals surface area contributed by atoms with Crippen molar-refractivity contribution in [3.8, 4) is 5.75 Å². The molecule has 0 aromatic heterocycles. The first-order valence-corrected chi connectivity index (χ1v) is 10.1. The van der Waals surface area contributed by atoms with Gasteiger partial charge in [0.15, 0.2) is 0 Å². The maximum absolute atomic E-state index is 13.2. The number of hydrogen-bond donors (Lipinski definition) is 0. The SMILES string of the molecule is COc1ccc(C2Sc3ccccc3C(=O)N2CCN2CCOCC2)cc1. The van der Waals surface area contributed by atoms with Gasteiger partial charge in [-0.05, 0) is 29.8 Å². The smallest absolute Gasteiger partial charge is 0.256 e. The third-order valence-electron chi connectivity index (χ3n) is 5.06. The van der Waals surface area contributed by atoms with Crippen LogP contribution in [0.2, 0.25) is 0 Å². The van der Waals surface area contributed by atoms with Gasteiger partial charge in [0.1, 0.15) is 11.1 Å². The van der Waals surface area contributed by atoms with Crippen molar-refractivity contribution in [2.24, 2.45) is 0 Å². The van der Waals surface area contributed by atoms with E-state index in [0.717, 1.165) is 54.6 Å². The Bertz CT molecular complexity index is 790. The van der Waals surface area contributed by atoms with Gasteiger partial charge in [-0.2, -0.15) is 0 Å². The van der Waals surface area contributed by atoms with Gasteiger partial charge in [0.25, 0.3) is 5.91 Å². The van der Waals surface area contributed by atoms with E-state index < -0.39 is 0 Å². The first-order chi connectivity index (χ1) is 13.3. The van der Waals surface area contributed by atoms with Gasteiger partial charge in [-0.3, -0.25) is 9.69 Å². The molecule has 0 radical (unpaired) electrons. The lowest BCUT2D eigenvalue weighted by Crippen LogP contribution is -2.44. The minimum Gasteiger partial charge on any atom is -0.497 e. The molecule has 142 valence electrons. The van der Waals surface area contributed by atoms with Crippen molar-refractivity contribution in [3.63, 3.8) is 0 Å². The number of thioether (sulfide) groups is 1. The number of morpholine rings is 1. The van der Waals surface area contributed by atoms with Crippen LogP contribution in [0.4, 0.5) is 0 Å². The van der Waals surface area contributed by atoms with Gasteiger partial charge in [-0.15, -0.1) is 0 Å². The van der Waals surface area contributed by atoms with Crippen LogP contribution in [0.5, 0.6) is 5.75 Å². The molecular formula is C21H24N2O3S. The van der Waals surface area contributed by atoms with E-state index in [1.807, 2.05) is 41.3 Å². The summed E-state index contributed by atoms with van der Waals surface area (Å²) in [6.07, 6.45) is 0. The Morgan fingerprint density at radius 1 is 1.07 bits per heavy atom. The molecule has 0 saturated carbocycles. The normalized spacial score (nSPS) is 20.4. The van der Waals surface area contributed by atoms with E-state index in [0.29, 0.717) is 6.54 Å². The predicted octanol–water partition coefficient (Wildman–Crippen LogP) is 3.27. The minimum absolute atomic E-state index is 0.0284. The van der Waals surface area contributed by atoms with Gasteiger partial charge in [0.2, 0.25) is 0 Å². The Kier molecular flexibility index (Phi) is 5.66. The Morgan fingerprint density at radius 2 is 1.81 bits per heavy atom. The number of carbonyl (C=O) groups is 1. The zero-order chi connectivity index (χ0) is 18.6. The Balaban J connectivity index is 1.59. The zero-order valence-electron chi connectivity index (χ0n) is 15.5. The van der Waals surface area contributed by atoms with Crippen molar-refractivity contribution >= 4 is 17.7 Å². The van der Waals surface area contributed by atoms with Crippen molar-refractivity contribution < 1.29 is 14.3 Å². The molecule has 1 saturated heterocycles.